The summed E-state index contributed by atoms with van der Waals surface area (Å²) in [4.78, 5) is 33.5. The monoisotopic (exact) mass is 556 g/mol. The van der Waals surface area contributed by atoms with Crippen molar-refractivity contribution in [2.75, 3.05) is 55.7 Å². The van der Waals surface area contributed by atoms with Crippen molar-refractivity contribution in [2.45, 2.75) is 45.2 Å². The fourth-order valence-electron chi connectivity index (χ4n) is 5.42. The van der Waals surface area contributed by atoms with E-state index in [1.54, 1.807) is 18.3 Å². The smallest absolute Gasteiger partial charge is 0.257 e. The number of aromatic nitrogens is 5. The number of hydrogen-bond acceptors (Lipinski definition) is 11. The molecule has 2 aliphatic heterocycles. The second-order valence-electron chi connectivity index (χ2n) is 9.66. The van der Waals surface area contributed by atoms with Gasteiger partial charge in [0.2, 0.25) is 5.13 Å². The van der Waals surface area contributed by atoms with Crippen molar-refractivity contribution in [2.24, 2.45) is 0 Å². The summed E-state index contributed by atoms with van der Waals surface area (Å²) in [5.41, 5.74) is 8.01. The van der Waals surface area contributed by atoms with Gasteiger partial charge >= 0.3 is 0 Å². The third kappa shape index (κ3) is 5.38. The molecule has 3 N–H and O–H groups in total. The van der Waals surface area contributed by atoms with Gasteiger partial charge in [0.15, 0.2) is 5.01 Å². The number of likely N-dealkylation sites (tertiary alicyclic amines) is 1. The number of carbonyl (C=O) groups excluding carboxylic acids is 1. The van der Waals surface area contributed by atoms with Crippen LogP contribution in [0, 0.1) is 6.92 Å². The number of hydrogen-bond donors (Lipinski definition) is 2. The summed E-state index contributed by atoms with van der Waals surface area (Å²) in [5, 5.41) is 13.1. The number of piperazine rings is 1. The minimum Gasteiger partial charge on any atom is -0.383 e. The lowest BCUT2D eigenvalue weighted by molar-refractivity contribution is 0.0491. The Morgan fingerprint density at radius 2 is 1.97 bits per heavy atom. The first-order chi connectivity index (χ1) is 18.4. The van der Waals surface area contributed by atoms with Crippen LogP contribution in [0.1, 0.15) is 42.2 Å². The average Bonchev–Trinajstić information content (AvgIpc) is 3.42. The Hall–Kier alpha value is -3.09. The van der Waals surface area contributed by atoms with Crippen LogP contribution in [-0.4, -0.2) is 92.7 Å². The molecule has 2 saturated heterocycles. The van der Waals surface area contributed by atoms with Gasteiger partial charge in [-0.3, -0.25) is 9.69 Å². The van der Waals surface area contributed by atoms with Gasteiger partial charge < -0.3 is 20.9 Å². The van der Waals surface area contributed by atoms with Crippen molar-refractivity contribution in [1.82, 2.24) is 34.9 Å². The molecule has 1 atom stereocenters. The summed E-state index contributed by atoms with van der Waals surface area (Å²) >= 11 is 7.36. The van der Waals surface area contributed by atoms with Crippen molar-refractivity contribution in [3.05, 3.63) is 34.7 Å². The van der Waals surface area contributed by atoms with E-state index >= 15 is 0 Å². The highest BCUT2D eigenvalue weighted by Crippen LogP contribution is 2.29. The van der Waals surface area contributed by atoms with Crippen molar-refractivity contribution >= 4 is 45.6 Å². The van der Waals surface area contributed by atoms with E-state index in [4.69, 9.17) is 27.3 Å². The van der Waals surface area contributed by atoms with Gasteiger partial charge in [-0.1, -0.05) is 29.9 Å². The number of carbonyl (C=O) groups is 1. The molecule has 3 aromatic rings. The zero-order valence-corrected chi connectivity index (χ0v) is 23.5. The molecular formula is C25H33ClN10OS. The fourth-order valence-corrected chi connectivity index (χ4v) is 6.23. The molecule has 2 aliphatic rings. The molecule has 5 rings (SSSR count). The van der Waals surface area contributed by atoms with Gasteiger partial charge in [0.25, 0.3) is 5.91 Å². The van der Waals surface area contributed by atoms with Crippen molar-refractivity contribution in [3.63, 3.8) is 0 Å². The van der Waals surface area contributed by atoms with Crippen LogP contribution in [0.25, 0.3) is 10.7 Å². The molecule has 0 aromatic carbocycles. The number of aryl methyl sites for hydroxylation is 1. The maximum atomic E-state index is 13.0. The van der Waals surface area contributed by atoms with Crippen LogP contribution in [-0.2, 0) is 0 Å². The van der Waals surface area contributed by atoms with Crippen LogP contribution in [0.3, 0.4) is 0 Å². The maximum Gasteiger partial charge on any atom is 0.257 e. The summed E-state index contributed by atoms with van der Waals surface area (Å²) in [5.74, 6) is 1.04. The van der Waals surface area contributed by atoms with Gasteiger partial charge in [0.05, 0.1) is 17.5 Å². The van der Waals surface area contributed by atoms with Crippen molar-refractivity contribution in [3.8, 4) is 10.7 Å². The Labute approximate surface area is 231 Å². The molecule has 1 amide bonds. The topological polar surface area (TPSA) is 129 Å². The van der Waals surface area contributed by atoms with E-state index < -0.39 is 0 Å². The first kappa shape index (κ1) is 26.5. The number of anilines is 3. The number of nitrogens with two attached hydrogens (primary N) is 1. The van der Waals surface area contributed by atoms with Crippen LogP contribution in [0.4, 0.5) is 16.8 Å². The Balaban J connectivity index is 1.21. The highest BCUT2D eigenvalue weighted by Gasteiger charge is 2.35. The molecule has 202 valence electrons. The highest BCUT2D eigenvalue weighted by molar-refractivity contribution is 7.18. The Kier molecular flexibility index (Phi) is 7.91. The minimum absolute atomic E-state index is 0.0739. The fraction of sp³-hybridized carbons (Fsp3) is 0.520. The second-order valence-corrected chi connectivity index (χ2v) is 11.0. The van der Waals surface area contributed by atoms with Gasteiger partial charge in [0, 0.05) is 51.9 Å². The molecule has 0 radical (unpaired) electrons. The summed E-state index contributed by atoms with van der Waals surface area (Å²) in [7, 11) is 1.83. The van der Waals surface area contributed by atoms with E-state index in [1.807, 2.05) is 18.9 Å². The van der Waals surface area contributed by atoms with Gasteiger partial charge in [-0.15, -0.1) is 10.2 Å². The lowest BCUT2D eigenvalue weighted by atomic mass is 9.97. The number of nitrogens with zero attached hydrogens (tertiary/aromatic N) is 8. The molecule has 38 heavy (non-hydrogen) atoms. The number of pyridine rings is 1. The third-order valence-corrected chi connectivity index (χ3v) is 8.59. The molecule has 0 spiro atoms. The van der Waals surface area contributed by atoms with Gasteiger partial charge in [0.1, 0.15) is 22.5 Å². The van der Waals surface area contributed by atoms with Crippen LogP contribution < -0.4 is 16.0 Å². The van der Waals surface area contributed by atoms with E-state index in [1.165, 1.54) is 11.3 Å². The molecule has 0 bridgehead atoms. The summed E-state index contributed by atoms with van der Waals surface area (Å²) in [6.07, 6.45) is 4.72. The van der Waals surface area contributed by atoms with E-state index in [0.29, 0.717) is 35.9 Å². The molecule has 2 fully saturated rings. The SMILES string of the molecule is CCC1CN(c2ncc(-c3nnc(NC)s3)nc2C)CCN1C1CCN(C(=O)c2ccc(Cl)nc2N)CC1. The molecule has 3 aromatic heterocycles. The molecule has 11 nitrogen and oxygen atoms in total. The number of nitrogen functional groups attached to an aromatic ring is 1. The maximum absolute atomic E-state index is 13.0. The first-order valence-electron chi connectivity index (χ1n) is 12.9. The van der Waals surface area contributed by atoms with E-state index in [0.717, 1.165) is 66.2 Å². The minimum atomic E-state index is -0.0739. The number of halogens is 1. The summed E-state index contributed by atoms with van der Waals surface area (Å²) in [6.45, 7) is 8.40. The number of amides is 1. The van der Waals surface area contributed by atoms with Crippen LogP contribution in [0.15, 0.2) is 18.3 Å². The van der Waals surface area contributed by atoms with Crippen molar-refractivity contribution < 1.29 is 4.79 Å². The Morgan fingerprint density at radius 1 is 1.18 bits per heavy atom. The number of piperidine rings is 1. The highest BCUT2D eigenvalue weighted by atomic mass is 35.5. The molecular weight excluding hydrogens is 524 g/mol. The molecule has 13 heteroatoms. The largest absolute Gasteiger partial charge is 0.383 e. The molecule has 0 saturated carbocycles. The second kappa shape index (κ2) is 11.3. The van der Waals surface area contributed by atoms with Gasteiger partial charge in [-0.05, 0) is 38.3 Å². The Bertz CT molecular complexity index is 1290. The van der Waals surface area contributed by atoms with Crippen LogP contribution in [0.5, 0.6) is 0 Å². The zero-order chi connectivity index (χ0) is 26.8. The van der Waals surface area contributed by atoms with Crippen LogP contribution in [0.2, 0.25) is 5.15 Å². The molecule has 1 unspecified atom stereocenters. The van der Waals surface area contributed by atoms with Gasteiger partial charge in [-0.2, -0.15) is 0 Å². The first-order valence-corrected chi connectivity index (χ1v) is 14.1. The standard InChI is InChI=1S/C25H33ClN10OS/c1-4-16-14-35(22-15(2)30-19(13-29-22)23-32-33-25(28-3)38-23)11-12-36(16)17-7-9-34(10-8-17)24(37)18-5-6-20(26)31-21(18)27/h5-6,13,16-17H,4,7-12,14H2,1-3H3,(H2,27,31)(H,28,33). The number of rotatable bonds is 6. The Morgan fingerprint density at radius 3 is 2.63 bits per heavy atom. The van der Waals surface area contributed by atoms with Crippen LogP contribution >= 0.6 is 22.9 Å². The predicted octanol–water partition coefficient (Wildman–Crippen LogP) is 3.18. The summed E-state index contributed by atoms with van der Waals surface area (Å²) in [6, 6.07) is 4.13. The predicted molar refractivity (Wildman–Crippen MR) is 151 cm³/mol. The molecule has 5 heterocycles. The van der Waals surface area contributed by atoms with E-state index in [9.17, 15) is 4.79 Å². The molecule has 0 aliphatic carbocycles. The summed E-state index contributed by atoms with van der Waals surface area (Å²) < 4.78 is 0. The lowest BCUT2D eigenvalue weighted by Gasteiger charge is -2.47. The van der Waals surface area contributed by atoms with Crippen molar-refractivity contribution in [1.29, 1.82) is 0 Å². The zero-order valence-electron chi connectivity index (χ0n) is 21.9. The van der Waals surface area contributed by atoms with E-state index in [-0.39, 0.29) is 11.7 Å². The van der Waals surface area contributed by atoms with Gasteiger partial charge in [-0.25, -0.2) is 15.0 Å². The quantitative estimate of drug-likeness (QED) is 0.436. The average molecular weight is 557 g/mol. The lowest BCUT2D eigenvalue weighted by Crippen LogP contribution is -2.59. The number of nitrogens with one attached hydrogen (secondary N) is 1. The van der Waals surface area contributed by atoms with E-state index in [2.05, 4.69) is 37.2 Å². The normalized spacial score (nSPS) is 19.1. The third-order valence-electron chi connectivity index (χ3n) is 7.42.